The number of amides is 2. The number of halogens is 3. The molecule has 2 saturated heterocycles. The number of nitrogens with one attached hydrogen (secondary N) is 1. The lowest BCUT2D eigenvalue weighted by atomic mass is 9.82. The van der Waals surface area contributed by atoms with Gasteiger partial charge in [0.15, 0.2) is 11.6 Å². The van der Waals surface area contributed by atoms with Crippen molar-refractivity contribution in [1.29, 1.82) is 0 Å². The van der Waals surface area contributed by atoms with Crippen molar-refractivity contribution in [2.45, 2.75) is 87.9 Å². The molecule has 0 radical (unpaired) electrons. The Morgan fingerprint density at radius 2 is 1.56 bits per heavy atom. The van der Waals surface area contributed by atoms with Crippen LogP contribution in [0.2, 0.25) is 0 Å². The van der Waals surface area contributed by atoms with E-state index in [1.54, 1.807) is 19.1 Å². The largest absolute Gasteiger partial charge is 0.344 e. The van der Waals surface area contributed by atoms with Crippen LogP contribution in [-0.4, -0.2) is 53.9 Å². The molecule has 41 heavy (non-hydrogen) atoms. The van der Waals surface area contributed by atoms with Gasteiger partial charge < -0.3 is 16.0 Å². The van der Waals surface area contributed by atoms with Crippen molar-refractivity contribution >= 4 is 21.9 Å². The number of piperidine rings is 1. The summed E-state index contributed by atoms with van der Waals surface area (Å²) in [5.74, 6) is -3.07. The molecule has 4 N–H and O–H groups in total. The number of carbonyl (C=O) groups excluding carboxylic acids is 2. The summed E-state index contributed by atoms with van der Waals surface area (Å²) in [6, 6.07) is 6.55. The summed E-state index contributed by atoms with van der Waals surface area (Å²) in [5.41, 5.74) is 7.36. The van der Waals surface area contributed by atoms with Crippen LogP contribution >= 0.6 is 0 Å². The number of nitrogens with zero attached hydrogens (tertiary/aromatic N) is 1. The third-order valence-electron chi connectivity index (χ3n) is 8.17. The maximum atomic E-state index is 14.0. The van der Waals surface area contributed by atoms with Crippen molar-refractivity contribution in [3.63, 3.8) is 0 Å². The minimum absolute atomic E-state index is 0.0439. The number of carbonyl (C=O) groups is 2. The molecular formula is C29H36F3N3O5S. The number of aryl methyl sites for hydroxylation is 1. The summed E-state index contributed by atoms with van der Waals surface area (Å²) < 4.78 is 70.2. The summed E-state index contributed by atoms with van der Waals surface area (Å²) in [6.45, 7) is 3.57. The van der Waals surface area contributed by atoms with Crippen molar-refractivity contribution in [1.82, 2.24) is 10.2 Å². The van der Waals surface area contributed by atoms with Crippen LogP contribution in [-0.2, 0) is 26.1 Å². The Balaban J connectivity index is 0.000000296. The fourth-order valence-corrected chi connectivity index (χ4v) is 6.22. The van der Waals surface area contributed by atoms with E-state index in [9.17, 15) is 31.2 Å². The predicted molar refractivity (Wildman–Crippen MR) is 146 cm³/mol. The first kappa shape index (κ1) is 31.0. The van der Waals surface area contributed by atoms with Crippen molar-refractivity contribution < 1.29 is 35.7 Å². The van der Waals surface area contributed by atoms with Crippen molar-refractivity contribution in [3.05, 3.63) is 65.0 Å². The maximum Gasteiger partial charge on any atom is 0.294 e. The van der Waals surface area contributed by atoms with Gasteiger partial charge in [-0.05, 0) is 88.5 Å². The first-order chi connectivity index (χ1) is 19.2. The number of fused-ring (bicyclic) bond motifs is 2. The topological polar surface area (TPSA) is 130 Å². The van der Waals surface area contributed by atoms with Gasteiger partial charge >= 0.3 is 0 Å². The highest BCUT2D eigenvalue weighted by Gasteiger charge is 2.46. The molecule has 0 aromatic heterocycles. The molecule has 1 saturated carbocycles. The number of rotatable bonds is 7. The summed E-state index contributed by atoms with van der Waals surface area (Å²) in [5, 5.41) is 2.83. The zero-order valence-corrected chi connectivity index (χ0v) is 23.8. The molecule has 2 amide bonds. The Labute approximate surface area is 238 Å². The van der Waals surface area contributed by atoms with Crippen LogP contribution in [0.4, 0.5) is 13.2 Å². The van der Waals surface area contributed by atoms with Gasteiger partial charge in [0.2, 0.25) is 11.8 Å². The van der Waals surface area contributed by atoms with Gasteiger partial charge in [0.25, 0.3) is 10.1 Å². The highest BCUT2D eigenvalue weighted by atomic mass is 32.2. The second kappa shape index (κ2) is 12.5. The van der Waals surface area contributed by atoms with Gasteiger partial charge in [-0.15, -0.1) is 0 Å². The molecule has 2 aromatic rings. The second-order valence-electron chi connectivity index (χ2n) is 11.4. The Bertz CT molecular complexity index is 1370. The Morgan fingerprint density at radius 1 is 1.00 bits per heavy atom. The Morgan fingerprint density at radius 3 is 2.10 bits per heavy atom. The van der Waals surface area contributed by atoms with E-state index in [1.807, 2.05) is 11.8 Å². The standard InChI is InChI=1S/C22H28F3N3O2.C7H8O3S/c1-11(27-21(29)12-2-3-12)22(30)28-15-4-5-16(28)7-14(6-15)20(26)9-13-8-18(24)19(25)10-17(13)23;1-6-2-4-7(5-3-6)11(8,9)10/h8,10-12,14-16,20H,2-7,9,26H2,1H3,(H,27,29);2-5H,1H3,(H,8,9,10)/t11?,14?,15-,16?,20-;/m1./s1. The molecule has 2 bridgehead atoms. The minimum Gasteiger partial charge on any atom is -0.344 e. The number of hydrogen-bond acceptors (Lipinski definition) is 5. The average Bonchev–Trinajstić information content (AvgIpc) is 3.72. The third-order valence-corrected chi connectivity index (χ3v) is 9.04. The molecular weight excluding hydrogens is 559 g/mol. The smallest absolute Gasteiger partial charge is 0.294 e. The Kier molecular flexibility index (Phi) is 9.45. The molecule has 224 valence electrons. The fourth-order valence-electron chi connectivity index (χ4n) is 5.74. The van der Waals surface area contributed by atoms with Crippen LogP contribution in [0.25, 0.3) is 0 Å². The van der Waals surface area contributed by atoms with E-state index in [2.05, 4.69) is 5.32 Å². The van der Waals surface area contributed by atoms with Gasteiger partial charge in [-0.1, -0.05) is 17.7 Å². The van der Waals surface area contributed by atoms with Crippen LogP contribution in [0.1, 0.15) is 56.6 Å². The number of nitrogens with two attached hydrogens (primary N) is 1. The lowest BCUT2D eigenvalue weighted by molar-refractivity contribution is -0.140. The van der Waals surface area contributed by atoms with Gasteiger partial charge in [0.1, 0.15) is 11.9 Å². The molecule has 12 heteroatoms. The lowest BCUT2D eigenvalue weighted by Crippen LogP contribution is -2.55. The summed E-state index contributed by atoms with van der Waals surface area (Å²) in [7, 11) is -4.02. The van der Waals surface area contributed by atoms with Gasteiger partial charge in [0.05, 0.1) is 4.90 Å². The van der Waals surface area contributed by atoms with Crippen LogP contribution in [0.5, 0.6) is 0 Å². The van der Waals surface area contributed by atoms with Crippen LogP contribution < -0.4 is 11.1 Å². The van der Waals surface area contributed by atoms with Crippen molar-refractivity contribution in [2.24, 2.45) is 17.6 Å². The van der Waals surface area contributed by atoms with Gasteiger partial charge in [-0.2, -0.15) is 8.42 Å². The van der Waals surface area contributed by atoms with Crippen LogP contribution in [0, 0.1) is 36.2 Å². The van der Waals surface area contributed by atoms with Crippen molar-refractivity contribution in [3.8, 4) is 0 Å². The zero-order valence-electron chi connectivity index (χ0n) is 23.0. The highest BCUT2D eigenvalue weighted by molar-refractivity contribution is 7.85. The number of hydrogen-bond donors (Lipinski definition) is 3. The summed E-state index contributed by atoms with van der Waals surface area (Å²) in [6.07, 6.45) is 5.04. The van der Waals surface area contributed by atoms with E-state index in [1.165, 1.54) is 12.1 Å². The normalized spacial score (nSPS) is 23.3. The lowest BCUT2D eigenvalue weighted by Gasteiger charge is -2.42. The molecule has 2 heterocycles. The SMILES string of the molecule is CC(NC(=O)C1CC1)C(=O)N1C2CC[C@@H]1CC([C@H](N)Cc1cc(F)c(F)cc1F)C2.Cc1ccc(S(=O)(=O)O)cc1. The van der Waals surface area contributed by atoms with E-state index in [0.29, 0.717) is 18.9 Å². The summed E-state index contributed by atoms with van der Waals surface area (Å²) >= 11 is 0. The van der Waals surface area contributed by atoms with Crippen molar-refractivity contribution in [2.75, 3.05) is 0 Å². The van der Waals surface area contributed by atoms with Gasteiger partial charge in [-0.25, -0.2) is 13.2 Å². The maximum absolute atomic E-state index is 14.0. The zero-order chi connectivity index (χ0) is 30.1. The highest BCUT2D eigenvalue weighted by Crippen LogP contribution is 2.40. The van der Waals surface area contributed by atoms with E-state index in [4.69, 9.17) is 10.3 Å². The van der Waals surface area contributed by atoms with Gasteiger partial charge in [-0.3, -0.25) is 14.1 Å². The number of benzene rings is 2. The van der Waals surface area contributed by atoms with Crippen LogP contribution in [0.15, 0.2) is 41.3 Å². The molecule has 5 atom stereocenters. The molecule has 0 spiro atoms. The molecule has 8 nitrogen and oxygen atoms in total. The molecule has 1 aliphatic carbocycles. The summed E-state index contributed by atoms with van der Waals surface area (Å²) in [4.78, 5) is 26.8. The second-order valence-corrected chi connectivity index (χ2v) is 12.8. The minimum atomic E-state index is -4.02. The molecule has 5 rings (SSSR count). The fraction of sp³-hybridized carbons (Fsp3) is 0.517. The molecule has 2 aliphatic heterocycles. The molecule has 3 aliphatic rings. The van der Waals surface area contributed by atoms with E-state index in [-0.39, 0.29) is 52.6 Å². The quantitative estimate of drug-likeness (QED) is 0.329. The third kappa shape index (κ3) is 7.66. The predicted octanol–water partition coefficient (Wildman–Crippen LogP) is 3.90. The van der Waals surface area contributed by atoms with E-state index < -0.39 is 39.7 Å². The van der Waals surface area contributed by atoms with Crippen LogP contribution in [0.3, 0.4) is 0 Å². The molecule has 2 aromatic carbocycles. The first-order valence-electron chi connectivity index (χ1n) is 13.8. The first-order valence-corrected chi connectivity index (χ1v) is 15.2. The molecule has 3 fully saturated rings. The average molecular weight is 596 g/mol. The van der Waals surface area contributed by atoms with E-state index in [0.717, 1.165) is 37.3 Å². The monoisotopic (exact) mass is 595 g/mol. The molecule has 3 unspecified atom stereocenters. The van der Waals surface area contributed by atoms with E-state index >= 15 is 0 Å². The van der Waals surface area contributed by atoms with Gasteiger partial charge in [0, 0.05) is 30.1 Å². The Hall–Kier alpha value is -2.96.